The largest absolute Gasteiger partial charge is 0.454 e. The van der Waals surface area contributed by atoms with Crippen LogP contribution in [0.25, 0.3) is 5.82 Å². The van der Waals surface area contributed by atoms with Crippen LogP contribution in [0.2, 0.25) is 0 Å². The average molecular weight is 436 g/mol. The lowest BCUT2D eigenvalue weighted by Gasteiger charge is -2.15. The standard InChI is InChI=1S/C20H14F2N8O2/c21-14-3-1-13(2-4-14)11-26-30(20(23)31)15-5-6-18(17(22)9-15)32-16-7-8-24-19(10-16)29-12-25-27-28-29/h1-12H,(H2,23,31)/b26-11+. The lowest BCUT2D eigenvalue weighted by molar-refractivity contribution is 0.254. The number of ether oxygens (including phenoxy) is 1. The number of carbonyl (C=O) groups is 1. The van der Waals surface area contributed by atoms with E-state index in [0.29, 0.717) is 17.1 Å². The molecule has 160 valence electrons. The van der Waals surface area contributed by atoms with Crippen molar-refractivity contribution in [2.24, 2.45) is 10.8 Å². The number of benzene rings is 2. The van der Waals surface area contributed by atoms with Crippen molar-refractivity contribution >= 4 is 17.9 Å². The van der Waals surface area contributed by atoms with E-state index in [0.717, 1.165) is 11.1 Å². The van der Waals surface area contributed by atoms with Crippen LogP contribution in [0.4, 0.5) is 19.3 Å². The highest BCUT2D eigenvalue weighted by Crippen LogP contribution is 2.28. The van der Waals surface area contributed by atoms with Crippen LogP contribution in [0, 0.1) is 11.6 Å². The lowest BCUT2D eigenvalue weighted by Crippen LogP contribution is -2.31. The van der Waals surface area contributed by atoms with E-state index in [1.54, 1.807) is 0 Å². The molecule has 0 aliphatic carbocycles. The summed E-state index contributed by atoms with van der Waals surface area (Å²) >= 11 is 0. The number of hydrogen-bond acceptors (Lipinski definition) is 7. The van der Waals surface area contributed by atoms with Crippen molar-refractivity contribution in [3.05, 3.63) is 84.3 Å². The summed E-state index contributed by atoms with van der Waals surface area (Å²) in [6.07, 6.45) is 4.11. The predicted molar refractivity (Wildman–Crippen MR) is 109 cm³/mol. The number of primary amides is 1. The van der Waals surface area contributed by atoms with Crippen LogP contribution in [0.1, 0.15) is 5.56 Å². The molecule has 0 bridgehead atoms. The van der Waals surface area contributed by atoms with Gasteiger partial charge in [-0.3, -0.25) is 0 Å². The van der Waals surface area contributed by atoms with Crippen LogP contribution < -0.4 is 15.5 Å². The first-order valence-corrected chi connectivity index (χ1v) is 9.05. The minimum absolute atomic E-state index is 0.0739. The molecule has 0 unspecified atom stereocenters. The topological polar surface area (TPSA) is 124 Å². The van der Waals surface area contributed by atoms with E-state index >= 15 is 0 Å². The highest BCUT2D eigenvalue weighted by atomic mass is 19.1. The van der Waals surface area contributed by atoms with Gasteiger partial charge >= 0.3 is 6.03 Å². The third-order valence-electron chi connectivity index (χ3n) is 4.09. The number of hydrazone groups is 1. The zero-order valence-corrected chi connectivity index (χ0v) is 16.2. The van der Waals surface area contributed by atoms with Crippen LogP contribution >= 0.6 is 0 Å². The third kappa shape index (κ3) is 4.70. The number of anilines is 1. The second-order valence-electron chi connectivity index (χ2n) is 6.27. The Morgan fingerprint density at radius 2 is 1.94 bits per heavy atom. The van der Waals surface area contributed by atoms with Gasteiger partial charge in [-0.2, -0.15) is 14.8 Å². The molecule has 0 aliphatic heterocycles. The van der Waals surface area contributed by atoms with Crippen LogP contribution in [0.15, 0.2) is 72.2 Å². The van der Waals surface area contributed by atoms with Crippen molar-refractivity contribution in [3.63, 3.8) is 0 Å². The quantitative estimate of drug-likeness (QED) is 0.366. The SMILES string of the molecule is NC(=O)N(/N=C/c1ccc(F)cc1)c1ccc(Oc2ccnc(-n3cnnn3)c2)c(F)c1. The van der Waals surface area contributed by atoms with E-state index in [2.05, 4.69) is 25.6 Å². The molecule has 12 heteroatoms. The molecule has 0 fully saturated rings. The molecule has 2 amide bonds. The Balaban J connectivity index is 1.54. The molecule has 2 heterocycles. The number of pyridine rings is 1. The van der Waals surface area contributed by atoms with E-state index in [1.165, 1.54) is 72.0 Å². The Morgan fingerprint density at radius 3 is 2.62 bits per heavy atom. The summed E-state index contributed by atoms with van der Waals surface area (Å²) in [7, 11) is 0. The van der Waals surface area contributed by atoms with Gasteiger partial charge in [0.15, 0.2) is 17.4 Å². The number of rotatable bonds is 6. The van der Waals surface area contributed by atoms with Crippen LogP contribution in [0.3, 0.4) is 0 Å². The van der Waals surface area contributed by atoms with Gasteiger partial charge in [-0.15, -0.1) is 5.10 Å². The maximum Gasteiger partial charge on any atom is 0.340 e. The van der Waals surface area contributed by atoms with Crippen molar-refractivity contribution in [3.8, 4) is 17.3 Å². The zero-order valence-electron chi connectivity index (χ0n) is 16.2. The fraction of sp³-hybridized carbons (Fsp3) is 0. The van der Waals surface area contributed by atoms with Gasteiger partial charge in [0, 0.05) is 18.3 Å². The van der Waals surface area contributed by atoms with Gasteiger partial charge in [-0.25, -0.2) is 18.6 Å². The fourth-order valence-electron chi connectivity index (χ4n) is 2.61. The first-order valence-electron chi connectivity index (χ1n) is 9.05. The first-order chi connectivity index (χ1) is 15.5. The van der Waals surface area contributed by atoms with Gasteiger partial charge in [-0.1, -0.05) is 12.1 Å². The summed E-state index contributed by atoms with van der Waals surface area (Å²) in [6.45, 7) is 0. The molecular weight excluding hydrogens is 422 g/mol. The number of amides is 2. The Kier molecular flexibility index (Phi) is 5.74. The number of hydrogen-bond donors (Lipinski definition) is 1. The second-order valence-corrected chi connectivity index (χ2v) is 6.27. The fourth-order valence-corrected chi connectivity index (χ4v) is 2.61. The highest BCUT2D eigenvalue weighted by Gasteiger charge is 2.15. The normalized spacial score (nSPS) is 10.9. The van der Waals surface area contributed by atoms with Crippen LogP contribution in [-0.2, 0) is 0 Å². The Labute approximate surface area is 179 Å². The first kappa shape index (κ1) is 20.5. The predicted octanol–water partition coefficient (Wildman–Crippen LogP) is 3.05. The zero-order chi connectivity index (χ0) is 22.5. The van der Waals surface area contributed by atoms with Crippen molar-refractivity contribution in [2.75, 3.05) is 5.01 Å². The number of carbonyl (C=O) groups excluding carboxylic acids is 1. The van der Waals surface area contributed by atoms with Gasteiger partial charge in [0.05, 0.1) is 11.9 Å². The summed E-state index contributed by atoms with van der Waals surface area (Å²) < 4.78 is 34.6. The summed E-state index contributed by atoms with van der Waals surface area (Å²) in [5, 5.41) is 15.5. The minimum Gasteiger partial charge on any atom is -0.454 e. The molecule has 0 atom stereocenters. The molecule has 2 N–H and O–H groups in total. The summed E-state index contributed by atoms with van der Waals surface area (Å²) in [4.78, 5) is 15.9. The van der Waals surface area contributed by atoms with Crippen LogP contribution in [-0.4, -0.2) is 37.4 Å². The van der Waals surface area contributed by atoms with Crippen molar-refractivity contribution < 1.29 is 18.3 Å². The Hall–Kier alpha value is -4.74. The number of nitrogens with zero attached hydrogens (tertiary/aromatic N) is 7. The number of aromatic nitrogens is 5. The van der Waals surface area contributed by atoms with E-state index in [9.17, 15) is 13.6 Å². The maximum atomic E-state index is 14.7. The second kappa shape index (κ2) is 8.95. The number of tetrazole rings is 1. The number of halogens is 2. The minimum atomic E-state index is -0.934. The van der Waals surface area contributed by atoms with E-state index < -0.39 is 17.7 Å². The molecule has 32 heavy (non-hydrogen) atoms. The van der Waals surface area contributed by atoms with Crippen molar-refractivity contribution in [2.45, 2.75) is 0 Å². The Bertz CT molecular complexity index is 1260. The summed E-state index contributed by atoms with van der Waals surface area (Å²) in [5.74, 6) is -0.607. The lowest BCUT2D eigenvalue weighted by atomic mass is 10.2. The molecule has 4 rings (SSSR count). The van der Waals surface area contributed by atoms with Gasteiger partial charge < -0.3 is 10.5 Å². The van der Waals surface area contributed by atoms with E-state index in [1.807, 2.05) is 0 Å². The van der Waals surface area contributed by atoms with Gasteiger partial charge in [-0.05, 0) is 46.3 Å². The Morgan fingerprint density at radius 1 is 1.12 bits per heavy atom. The molecule has 0 saturated carbocycles. The molecule has 0 spiro atoms. The number of nitrogens with two attached hydrogens (primary N) is 1. The van der Waals surface area contributed by atoms with Crippen molar-refractivity contribution in [1.29, 1.82) is 0 Å². The monoisotopic (exact) mass is 436 g/mol. The number of urea groups is 1. The molecule has 2 aromatic carbocycles. The molecule has 0 aliphatic rings. The van der Waals surface area contributed by atoms with Crippen LogP contribution in [0.5, 0.6) is 11.5 Å². The molecular formula is C20H14F2N8O2. The molecule has 2 aromatic heterocycles. The van der Waals surface area contributed by atoms with Crippen molar-refractivity contribution in [1.82, 2.24) is 25.2 Å². The molecule has 0 radical (unpaired) electrons. The van der Waals surface area contributed by atoms with Gasteiger partial charge in [0.2, 0.25) is 0 Å². The maximum absolute atomic E-state index is 14.7. The van der Waals surface area contributed by atoms with E-state index in [-0.39, 0.29) is 11.4 Å². The molecule has 0 saturated heterocycles. The van der Waals surface area contributed by atoms with E-state index in [4.69, 9.17) is 10.5 Å². The summed E-state index contributed by atoms with van der Waals surface area (Å²) in [6, 6.07) is 11.3. The smallest absolute Gasteiger partial charge is 0.340 e. The molecule has 10 nitrogen and oxygen atoms in total. The molecule has 4 aromatic rings. The average Bonchev–Trinajstić information content (AvgIpc) is 3.32. The highest BCUT2D eigenvalue weighted by molar-refractivity contribution is 5.93. The third-order valence-corrected chi connectivity index (χ3v) is 4.09. The summed E-state index contributed by atoms with van der Waals surface area (Å²) in [5.41, 5.74) is 5.96. The van der Waals surface area contributed by atoms with Gasteiger partial charge in [0.25, 0.3) is 0 Å². The van der Waals surface area contributed by atoms with Gasteiger partial charge in [0.1, 0.15) is 17.9 Å².